The van der Waals surface area contributed by atoms with Crippen molar-refractivity contribution in [3.63, 3.8) is 0 Å². The van der Waals surface area contributed by atoms with E-state index in [0.717, 1.165) is 77.8 Å². The van der Waals surface area contributed by atoms with Crippen molar-refractivity contribution >= 4 is 38.6 Å². The highest BCUT2D eigenvalue weighted by molar-refractivity contribution is 9.10. The maximum Gasteiger partial charge on any atom is 0.404 e. The van der Waals surface area contributed by atoms with Crippen molar-refractivity contribution in [3.8, 4) is 11.3 Å². The number of aromatic nitrogens is 4. The average Bonchev–Trinajstić information content (AvgIpc) is 3.43. The number of halogens is 1. The molecular weight excluding hydrogens is 476 g/mol. The maximum atomic E-state index is 10.8. The van der Waals surface area contributed by atoms with Gasteiger partial charge in [-0.05, 0) is 59.7 Å². The molecule has 0 aliphatic carbocycles. The van der Waals surface area contributed by atoms with E-state index in [1.807, 2.05) is 29.3 Å². The van der Waals surface area contributed by atoms with Crippen LogP contribution in [0.4, 0.5) is 10.5 Å². The van der Waals surface area contributed by atoms with Crippen LogP contribution in [0.25, 0.3) is 22.2 Å². The number of hydrogen-bond donors (Lipinski definition) is 2. The molecule has 3 aromatic heterocycles. The lowest BCUT2D eigenvalue weighted by molar-refractivity contribution is -0.0365. The van der Waals surface area contributed by atoms with Crippen molar-refractivity contribution in [2.24, 2.45) is 5.92 Å². The molecule has 10 heteroatoms. The van der Waals surface area contributed by atoms with Gasteiger partial charge in [-0.15, -0.1) is 0 Å². The molecule has 0 radical (unpaired) electrons. The Morgan fingerprint density at radius 3 is 2.97 bits per heavy atom. The van der Waals surface area contributed by atoms with Crippen LogP contribution in [0.2, 0.25) is 0 Å². The molecule has 2 atom stereocenters. The zero-order valence-electron chi connectivity index (χ0n) is 17.6. The molecule has 2 N–H and O–H groups in total. The monoisotopic (exact) mass is 500 g/mol. The molecule has 5 rings (SSSR count). The summed E-state index contributed by atoms with van der Waals surface area (Å²) in [4.78, 5) is 22.0. The summed E-state index contributed by atoms with van der Waals surface area (Å²) in [7, 11) is 0. The van der Waals surface area contributed by atoms with Gasteiger partial charge in [0, 0.05) is 43.4 Å². The van der Waals surface area contributed by atoms with E-state index in [2.05, 4.69) is 42.2 Å². The molecule has 2 fully saturated rings. The number of amides is 1. The molecule has 5 heterocycles. The number of nitrogens with zero attached hydrogens (tertiary/aromatic N) is 5. The number of pyridine rings is 2. The molecular formula is C22H25BrN6O3. The lowest BCUT2D eigenvalue weighted by Gasteiger charge is -2.23. The summed E-state index contributed by atoms with van der Waals surface area (Å²) >= 11 is 3.49. The van der Waals surface area contributed by atoms with Gasteiger partial charge in [-0.3, -0.25) is 4.98 Å². The Kier molecular flexibility index (Phi) is 5.97. The smallest absolute Gasteiger partial charge is 0.404 e. The third-order valence-corrected chi connectivity index (χ3v) is 6.61. The minimum atomic E-state index is -0.975. The summed E-state index contributed by atoms with van der Waals surface area (Å²) in [6.07, 6.45) is 8.56. The summed E-state index contributed by atoms with van der Waals surface area (Å²) in [5, 5.41) is 17.3. The first-order valence-corrected chi connectivity index (χ1v) is 11.7. The van der Waals surface area contributed by atoms with Crippen LogP contribution >= 0.6 is 15.9 Å². The van der Waals surface area contributed by atoms with Gasteiger partial charge in [0.05, 0.1) is 23.6 Å². The Morgan fingerprint density at radius 2 is 2.16 bits per heavy atom. The van der Waals surface area contributed by atoms with Crippen LogP contribution < -0.4 is 10.2 Å². The number of fused-ring (bicyclic) bond motifs is 1. The van der Waals surface area contributed by atoms with E-state index in [4.69, 9.17) is 14.9 Å². The zero-order chi connectivity index (χ0) is 22.1. The number of ether oxygens (including phenoxy) is 1. The Morgan fingerprint density at radius 1 is 1.25 bits per heavy atom. The Hall–Kier alpha value is -2.72. The third kappa shape index (κ3) is 4.29. The predicted octanol–water partition coefficient (Wildman–Crippen LogP) is 4.05. The van der Waals surface area contributed by atoms with Gasteiger partial charge in [-0.25, -0.2) is 14.5 Å². The zero-order valence-corrected chi connectivity index (χ0v) is 19.2. The predicted molar refractivity (Wildman–Crippen MR) is 124 cm³/mol. The van der Waals surface area contributed by atoms with Crippen LogP contribution in [0, 0.1) is 5.92 Å². The topological polar surface area (TPSA) is 105 Å². The highest BCUT2D eigenvalue weighted by atomic mass is 79.9. The first-order chi connectivity index (χ1) is 15.6. The standard InChI is InChI=1S/C22H25BrN6O3/c23-19-8-17-18(12-25-19)29(20-3-1-2-6-32-20)27-21(17)15-7-16(11-24-10-15)28-5-4-14(13-28)9-26-22(30)31/h7-8,10-12,14,20,26H,1-6,9,13H2,(H,30,31)/t14-,20?/m1/s1. The molecule has 0 bridgehead atoms. The minimum Gasteiger partial charge on any atom is -0.465 e. The fourth-order valence-corrected chi connectivity index (χ4v) is 4.89. The highest BCUT2D eigenvalue weighted by Crippen LogP contribution is 2.35. The van der Waals surface area contributed by atoms with Gasteiger partial charge < -0.3 is 20.1 Å². The van der Waals surface area contributed by atoms with Crippen LogP contribution in [-0.2, 0) is 4.74 Å². The minimum absolute atomic E-state index is 0.0832. The number of anilines is 1. The Labute approximate surface area is 193 Å². The first kappa shape index (κ1) is 21.1. The number of carboxylic acid groups (broad SMARTS) is 1. The molecule has 2 aliphatic heterocycles. The van der Waals surface area contributed by atoms with Crippen LogP contribution in [0.15, 0.2) is 35.3 Å². The van der Waals surface area contributed by atoms with E-state index < -0.39 is 6.09 Å². The third-order valence-electron chi connectivity index (χ3n) is 6.18. The summed E-state index contributed by atoms with van der Waals surface area (Å²) in [5.41, 5.74) is 3.76. The van der Waals surface area contributed by atoms with E-state index in [1.165, 1.54) is 0 Å². The van der Waals surface area contributed by atoms with Crippen molar-refractivity contribution in [3.05, 3.63) is 35.3 Å². The lowest BCUT2D eigenvalue weighted by Crippen LogP contribution is -2.29. The van der Waals surface area contributed by atoms with Gasteiger partial charge in [-0.1, -0.05) is 0 Å². The molecule has 2 saturated heterocycles. The Bertz CT molecular complexity index is 1130. The molecule has 1 amide bonds. The SMILES string of the molecule is O=C(O)NC[C@H]1CCN(c2cncc(-c3nn(C4CCCCO4)c4cnc(Br)cc34)c2)C1. The molecule has 0 aromatic carbocycles. The average molecular weight is 501 g/mol. The second kappa shape index (κ2) is 9.03. The van der Waals surface area contributed by atoms with E-state index in [9.17, 15) is 4.79 Å². The van der Waals surface area contributed by atoms with Crippen molar-refractivity contribution < 1.29 is 14.6 Å². The first-order valence-electron chi connectivity index (χ1n) is 10.9. The van der Waals surface area contributed by atoms with Gasteiger partial charge in [0.1, 0.15) is 10.3 Å². The van der Waals surface area contributed by atoms with Crippen molar-refractivity contribution in [2.45, 2.75) is 31.9 Å². The van der Waals surface area contributed by atoms with Crippen LogP contribution in [0.1, 0.15) is 31.9 Å². The van der Waals surface area contributed by atoms with Gasteiger partial charge in [0.15, 0.2) is 6.23 Å². The quantitative estimate of drug-likeness (QED) is 0.509. The van der Waals surface area contributed by atoms with Gasteiger partial charge in [-0.2, -0.15) is 5.10 Å². The maximum absolute atomic E-state index is 10.8. The molecule has 32 heavy (non-hydrogen) atoms. The fourth-order valence-electron chi connectivity index (χ4n) is 4.56. The second-order valence-corrected chi connectivity index (χ2v) is 9.17. The molecule has 3 aromatic rings. The van der Waals surface area contributed by atoms with E-state index in [0.29, 0.717) is 12.5 Å². The fraction of sp³-hybridized carbons (Fsp3) is 0.455. The molecule has 9 nitrogen and oxygen atoms in total. The lowest BCUT2D eigenvalue weighted by atomic mass is 10.1. The molecule has 0 spiro atoms. The van der Waals surface area contributed by atoms with Crippen LogP contribution in [0.5, 0.6) is 0 Å². The van der Waals surface area contributed by atoms with Crippen LogP contribution in [-0.4, -0.2) is 57.2 Å². The number of carbonyl (C=O) groups is 1. The van der Waals surface area contributed by atoms with Crippen molar-refractivity contribution in [2.75, 3.05) is 31.1 Å². The van der Waals surface area contributed by atoms with E-state index in [1.54, 1.807) is 0 Å². The van der Waals surface area contributed by atoms with Crippen molar-refractivity contribution in [1.29, 1.82) is 0 Å². The molecule has 1 unspecified atom stereocenters. The number of nitrogens with one attached hydrogen (secondary N) is 1. The van der Waals surface area contributed by atoms with Gasteiger partial charge in [0.2, 0.25) is 0 Å². The van der Waals surface area contributed by atoms with Gasteiger partial charge >= 0.3 is 6.09 Å². The van der Waals surface area contributed by atoms with Crippen LogP contribution in [0.3, 0.4) is 0 Å². The second-order valence-electron chi connectivity index (χ2n) is 8.36. The largest absolute Gasteiger partial charge is 0.465 e. The molecule has 168 valence electrons. The van der Waals surface area contributed by atoms with E-state index in [-0.39, 0.29) is 6.23 Å². The Balaban J connectivity index is 1.46. The summed E-state index contributed by atoms with van der Waals surface area (Å²) in [6, 6.07) is 4.11. The normalized spacial score (nSPS) is 21.2. The van der Waals surface area contributed by atoms with Crippen molar-refractivity contribution in [1.82, 2.24) is 25.1 Å². The van der Waals surface area contributed by atoms with E-state index >= 15 is 0 Å². The highest BCUT2D eigenvalue weighted by Gasteiger charge is 2.25. The number of hydrogen-bond acceptors (Lipinski definition) is 6. The molecule has 2 aliphatic rings. The summed E-state index contributed by atoms with van der Waals surface area (Å²) < 4.78 is 8.71. The van der Waals surface area contributed by atoms with Gasteiger partial charge in [0.25, 0.3) is 0 Å². The summed E-state index contributed by atoms with van der Waals surface area (Å²) in [6.45, 7) is 2.88. The number of rotatable bonds is 5. The summed E-state index contributed by atoms with van der Waals surface area (Å²) in [5.74, 6) is 0.292. The molecule has 0 saturated carbocycles.